The maximum absolute atomic E-state index is 12.6. The van der Waals surface area contributed by atoms with Crippen LogP contribution in [0.1, 0.15) is 29.9 Å². The van der Waals surface area contributed by atoms with Gasteiger partial charge in [-0.15, -0.1) is 10.2 Å². The molecule has 0 fully saturated rings. The summed E-state index contributed by atoms with van der Waals surface area (Å²) in [5, 5.41) is 14.6. The molecule has 3 aromatic rings. The molecule has 0 unspecified atom stereocenters. The van der Waals surface area contributed by atoms with Gasteiger partial charge in [0.05, 0.1) is 17.8 Å². The van der Waals surface area contributed by atoms with Gasteiger partial charge in [0.15, 0.2) is 0 Å². The molecule has 0 bridgehead atoms. The van der Waals surface area contributed by atoms with Crippen molar-refractivity contribution in [3.8, 4) is 11.5 Å². The van der Waals surface area contributed by atoms with E-state index in [0.717, 1.165) is 42.7 Å². The number of carbonyl (C=O) groups is 1. The Morgan fingerprint density at radius 1 is 1.27 bits per heavy atom. The molecule has 0 saturated heterocycles. The van der Waals surface area contributed by atoms with Gasteiger partial charge in [0.2, 0.25) is 12.3 Å². The van der Waals surface area contributed by atoms with Gasteiger partial charge in [-0.25, -0.2) is 4.79 Å². The second-order valence-electron chi connectivity index (χ2n) is 6.31. The van der Waals surface area contributed by atoms with Gasteiger partial charge in [0.1, 0.15) is 11.5 Å². The van der Waals surface area contributed by atoms with E-state index in [9.17, 15) is 4.79 Å². The van der Waals surface area contributed by atoms with Gasteiger partial charge in [-0.2, -0.15) is 0 Å². The number of hydrogen-bond donors (Lipinski definition) is 1. The predicted octanol–water partition coefficient (Wildman–Crippen LogP) is 3.27. The van der Waals surface area contributed by atoms with E-state index in [-0.39, 0.29) is 6.03 Å². The third-order valence-corrected chi connectivity index (χ3v) is 4.52. The Morgan fingerprint density at radius 3 is 2.96 bits per heavy atom. The smallest absolute Gasteiger partial charge is 0.321 e. The second kappa shape index (κ2) is 6.99. The molecule has 26 heavy (non-hydrogen) atoms. The Kier molecular flexibility index (Phi) is 4.39. The van der Waals surface area contributed by atoms with Crippen molar-refractivity contribution in [2.75, 3.05) is 12.4 Å². The molecule has 1 aromatic carbocycles. The highest BCUT2D eigenvalue weighted by molar-refractivity contribution is 5.93. The monoisotopic (exact) mass is 353 g/mol. The number of aryl methyl sites for hydroxylation is 1. The van der Waals surface area contributed by atoms with Crippen LogP contribution in [0.4, 0.5) is 10.5 Å². The Hall–Kier alpha value is -3.16. The van der Waals surface area contributed by atoms with Crippen LogP contribution in [-0.4, -0.2) is 33.3 Å². The molecule has 0 radical (unpaired) electrons. The van der Waals surface area contributed by atoms with Crippen molar-refractivity contribution in [2.24, 2.45) is 0 Å². The van der Waals surface area contributed by atoms with E-state index in [1.54, 1.807) is 18.0 Å². The summed E-state index contributed by atoms with van der Waals surface area (Å²) in [6.45, 7) is 0.396. The number of fused-ring (bicyclic) bond motifs is 1. The van der Waals surface area contributed by atoms with Crippen LogP contribution < -0.4 is 5.32 Å². The Labute approximate surface area is 150 Å². The second-order valence-corrected chi connectivity index (χ2v) is 6.31. The molecule has 0 atom stereocenters. The fourth-order valence-corrected chi connectivity index (χ4v) is 3.15. The van der Waals surface area contributed by atoms with Gasteiger partial charge in [-0.3, -0.25) is 0 Å². The summed E-state index contributed by atoms with van der Waals surface area (Å²) in [5.41, 5.74) is 3.27. The summed E-state index contributed by atoms with van der Waals surface area (Å²) in [7, 11) is 1.73. The number of aromatic nitrogens is 3. The molecular weight excluding hydrogens is 334 g/mol. The Bertz CT molecular complexity index is 903. The van der Waals surface area contributed by atoms with Crippen LogP contribution in [0.5, 0.6) is 0 Å². The zero-order valence-electron chi connectivity index (χ0n) is 14.4. The lowest BCUT2D eigenvalue weighted by Gasteiger charge is -2.18. The molecule has 2 amide bonds. The van der Waals surface area contributed by atoms with E-state index in [2.05, 4.69) is 20.7 Å². The SMILES string of the molecule is CN(Cc1noc2c1CCCC2)C(=O)Nc1ccccc1-c1nnco1. The zero-order valence-corrected chi connectivity index (χ0v) is 14.4. The number of para-hydroxylation sites is 1. The van der Waals surface area contributed by atoms with Crippen molar-refractivity contribution in [3.63, 3.8) is 0 Å². The van der Waals surface area contributed by atoms with Crippen molar-refractivity contribution in [1.29, 1.82) is 0 Å². The summed E-state index contributed by atoms with van der Waals surface area (Å²) in [5.74, 6) is 1.32. The molecule has 1 N–H and O–H groups in total. The molecule has 0 spiro atoms. The first-order valence-corrected chi connectivity index (χ1v) is 8.56. The van der Waals surface area contributed by atoms with Gasteiger partial charge in [-0.05, 0) is 31.4 Å². The minimum absolute atomic E-state index is 0.246. The van der Waals surface area contributed by atoms with Crippen molar-refractivity contribution < 1.29 is 13.7 Å². The molecule has 1 aliphatic rings. The van der Waals surface area contributed by atoms with E-state index < -0.39 is 0 Å². The predicted molar refractivity (Wildman–Crippen MR) is 93.4 cm³/mol. The van der Waals surface area contributed by atoms with Crippen molar-refractivity contribution in [3.05, 3.63) is 47.7 Å². The molecule has 8 nitrogen and oxygen atoms in total. The van der Waals surface area contributed by atoms with Gasteiger partial charge in [0, 0.05) is 19.0 Å². The lowest BCUT2D eigenvalue weighted by molar-refractivity contribution is 0.219. The van der Waals surface area contributed by atoms with E-state index in [4.69, 9.17) is 8.94 Å². The lowest BCUT2D eigenvalue weighted by Crippen LogP contribution is -2.31. The van der Waals surface area contributed by atoms with Gasteiger partial charge in [0.25, 0.3) is 0 Å². The molecule has 2 heterocycles. The minimum atomic E-state index is -0.246. The van der Waals surface area contributed by atoms with Crippen molar-refractivity contribution in [2.45, 2.75) is 32.2 Å². The van der Waals surface area contributed by atoms with Gasteiger partial charge in [-0.1, -0.05) is 17.3 Å². The average molecular weight is 353 g/mol. The third kappa shape index (κ3) is 3.17. The maximum atomic E-state index is 12.6. The summed E-state index contributed by atoms with van der Waals surface area (Å²) < 4.78 is 10.7. The lowest BCUT2D eigenvalue weighted by atomic mass is 9.96. The normalized spacial score (nSPS) is 13.3. The number of carbonyl (C=O) groups excluding carboxylic acids is 1. The Morgan fingerprint density at radius 2 is 2.12 bits per heavy atom. The number of nitrogens with one attached hydrogen (secondary N) is 1. The van der Waals surface area contributed by atoms with Crippen molar-refractivity contribution >= 4 is 11.7 Å². The van der Waals surface area contributed by atoms with Crippen LogP contribution in [-0.2, 0) is 19.4 Å². The number of rotatable bonds is 4. The number of benzene rings is 1. The van der Waals surface area contributed by atoms with E-state index in [0.29, 0.717) is 23.7 Å². The molecule has 134 valence electrons. The van der Waals surface area contributed by atoms with E-state index in [1.165, 1.54) is 6.39 Å². The molecule has 2 aromatic heterocycles. The molecule has 0 aliphatic heterocycles. The molecule has 1 aliphatic carbocycles. The fourth-order valence-electron chi connectivity index (χ4n) is 3.15. The first kappa shape index (κ1) is 16.3. The summed E-state index contributed by atoms with van der Waals surface area (Å²) >= 11 is 0. The Balaban J connectivity index is 1.48. The molecule has 0 saturated carbocycles. The number of amides is 2. The van der Waals surface area contributed by atoms with Crippen LogP contribution in [0.25, 0.3) is 11.5 Å². The van der Waals surface area contributed by atoms with Gasteiger partial charge >= 0.3 is 6.03 Å². The van der Waals surface area contributed by atoms with Crippen LogP contribution in [0.2, 0.25) is 0 Å². The van der Waals surface area contributed by atoms with Crippen LogP contribution in [0.15, 0.2) is 39.6 Å². The first-order valence-electron chi connectivity index (χ1n) is 8.56. The zero-order chi connectivity index (χ0) is 17.9. The summed E-state index contributed by atoms with van der Waals surface area (Å²) in [4.78, 5) is 14.2. The highest BCUT2D eigenvalue weighted by Crippen LogP contribution is 2.27. The van der Waals surface area contributed by atoms with E-state index in [1.807, 2.05) is 18.2 Å². The quantitative estimate of drug-likeness (QED) is 0.773. The standard InChI is InChI=1S/C18H19N5O3/c1-23(10-15-12-6-3-5-9-16(12)26-22-15)18(24)20-14-8-4-2-7-13(14)17-21-19-11-25-17/h2,4,7-8,11H,3,5-6,9-10H2,1H3,(H,20,24). The van der Waals surface area contributed by atoms with Crippen LogP contribution in [0, 0.1) is 0 Å². The maximum Gasteiger partial charge on any atom is 0.321 e. The minimum Gasteiger partial charge on any atom is -0.423 e. The van der Waals surface area contributed by atoms with E-state index >= 15 is 0 Å². The highest BCUT2D eigenvalue weighted by Gasteiger charge is 2.22. The number of anilines is 1. The summed E-state index contributed by atoms with van der Waals surface area (Å²) in [6.07, 6.45) is 5.41. The van der Waals surface area contributed by atoms with Crippen LogP contribution in [0.3, 0.4) is 0 Å². The fraction of sp³-hybridized carbons (Fsp3) is 0.333. The molecule has 4 rings (SSSR count). The third-order valence-electron chi connectivity index (χ3n) is 4.52. The van der Waals surface area contributed by atoms with Gasteiger partial charge < -0.3 is 19.2 Å². The topological polar surface area (TPSA) is 97.3 Å². The average Bonchev–Trinajstić information content (AvgIpc) is 3.33. The number of urea groups is 1. The number of hydrogen-bond acceptors (Lipinski definition) is 6. The number of nitrogens with zero attached hydrogens (tertiary/aromatic N) is 4. The molecular formula is C18H19N5O3. The molecule has 8 heteroatoms. The highest BCUT2D eigenvalue weighted by atomic mass is 16.5. The first-order chi connectivity index (χ1) is 12.7. The van der Waals surface area contributed by atoms with Crippen LogP contribution >= 0.6 is 0 Å². The largest absolute Gasteiger partial charge is 0.423 e. The van der Waals surface area contributed by atoms with Crippen molar-refractivity contribution in [1.82, 2.24) is 20.3 Å². The summed E-state index contributed by atoms with van der Waals surface area (Å²) in [6, 6.07) is 7.05.